The molecule has 0 bridgehead atoms. The molecule has 7 rings (SSSR count). The number of alkyl carbamates (subject to hydrolysis) is 1. The van der Waals surface area contributed by atoms with E-state index in [1.54, 1.807) is 11.1 Å². The number of aromatic nitrogens is 4. The van der Waals surface area contributed by atoms with E-state index in [-0.39, 0.29) is 36.2 Å². The number of hydrogen-bond acceptors (Lipinski definition) is 7. The number of ether oxygens (including phenoxy) is 2. The number of nitrogens with one attached hydrogen (secondary N) is 3. The maximum atomic E-state index is 13.8. The monoisotopic (exact) mass is 761 g/mol. The molecule has 0 radical (unpaired) electrons. The summed E-state index contributed by atoms with van der Waals surface area (Å²) in [4.78, 5) is 59.7. The molecule has 4 heterocycles. The zero-order valence-electron chi connectivity index (χ0n) is 33.7. The summed E-state index contributed by atoms with van der Waals surface area (Å²) in [7, 11) is 1.30. The molecule has 1 fully saturated rings. The molecule has 56 heavy (non-hydrogen) atoms. The Morgan fingerprint density at radius 1 is 1.04 bits per heavy atom. The minimum Gasteiger partial charge on any atom is -0.488 e. The van der Waals surface area contributed by atoms with Crippen molar-refractivity contribution in [1.82, 2.24) is 35.1 Å². The predicted octanol–water partition coefficient (Wildman–Crippen LogP) is 8.52. The molecule has 5 aromatic rings. The molecule has 4 atom stereocenters. The van der Waals surface area contributed by atoms with Crippen LogP contribution in [-0.2, 0) is 27.5 Å². The van der Waals surface area contributed by atoms with Crippen LogP contribution in [0.1, 0.15) is 96.9 Å². The number of aromatic amines is 2. The Labute approximate surface area is 328 Å². The predicted molar refractivity (Wildman–Crippen MR) is 218 cm³/mol. The lowest BCUT2D eigenvalue weighted by Crippen LogP contribution is -2.52. The Morgan fingerprint density at radius 3 is 2.61 bits per heavy atom. The van der Waals surface area contributed by atoms with Crippen molar-refractivity contribution in [3.05, 3.63) is 65.9 Å². The van der Waals surface area contributed by atoms with Crippen molar-refractivity contribution in [3.63, 3.8) is 0 Å². The Bertz CT molecular complexity index is 2240. The number of nitrogens with zero attached hydrogens (tertiary/aromatic N) is 4. The second kappa shape index (κ2) is 16.4. The third-order valence-corrected chi connectivity index (χ3v) is 11.6. The molecule has 3 N–H and O–H groups in total. The van der Waals surface area contributed by atoms with Gasteiger partial charge in [0, 0.05) is 30.5 Å². The van der Waals surface area contributed by atoms with Crippen LogP contribution in [0.2, 0.25) is 0 Å². The first-order valence-corrected chi connectivity index (χ1v) is 20.2. The fourth-order valence-electron chi connectivity index (χ4n) is 8.06. The molecule has 1 saturated heterocycles. The number of hydrogen-bond donors (Lipinski definition) is 3. The van der Waals surface area contributed by atoms with Crippen LogP contribution in [0.25, 0.3) is 44.2 Å². The molecule has 2 aromatic heterocycles. The van der Waals surface area contributed by atoms with Crippen LogP contribution in [0, 0.1) is 17.8 Å². The Kier molecular flexibility index (Phi) is 11.4. The van der Waals surface area contributed by atoms with E-state index in [4.69, 9.17) is 14.5 Å². The lowest BCUT2D eigenvalue weighted by Gasteiger charge is -2.31. The first-order valence-electron chi connectivity index (χ1n) is 20.2. The van der Waals surface area contributed by atoms with Crippen LogP contribution < -0.4 is 10.1 Å². The van der Waals surface area contributed by atoms with Crippen LogP contribution in [0.4, 0.5) is 4.79 Å². The summed E-state index contributed by atoms with van der Waals surface area (Å²) in [6, 6.07) is 14.1. The van der Waals surface area contributed by atoms with Gasteiger partial charge in [-0.25, -0.2) is 14.8 Å². The van der Waals surface area contributed by atoms with E-state index in [0.717, 1.165) is 93.6 Å². The zero-order chi connectivity index (χ0) is 39.7. The number of carbonyl (C=O) groups excluding carboxylic acids is 3. The number of fused-ring (bicyclic) bond motifs is 6. The molecule has 0 aliphatic carbocycles. The number of carbonyl (C=O) groups is 3. The van der Waals surface area contributed by atoms with Crippen LogP contribution in [0.15, 0.2) is 48.7 Å². The molecular weight excluding hydrogens is 707 g/mol. The average molecular weight is 762 g/mol. The molecule has 1 unspecified atom stereocenters. The summed E-state index contributed by atoms with van der Waals surface area (Å²) in [5.74, 6) is 2.90. The second-order valence-electron chi connectivity index (χ2n) is 16.1. The highest BCUT2D eigenvalue weighted by Gasteiger charge is 2.34. The highest BCUT2D eigenvalue weighted by Crippen LogP contribution is 2.43. The van der Waals surface area contributed by atoms with Crippen LogP contribution in [0.5, 0.6) is 5.75 Å². The average Bonchev–Trinajstić information content (AvgIpc) is 3.98. The van der Waals surface area contributed by atoms with Gasteiger partial charge < -0.3 is 34.6 Å². The Hall–Kier alpha value is -5.39. The van der Waals surface area contributed by atoms with Gasteiger partial charge in [0.05, 0.1) is 42.6 Å². The maximum Gasteiger partial charge on any atom is 0.407 e. The van der Waals surface area contributed by atoms with Gasteiger partial charge in [0.1, 0.15) is 30.0 Å². The summed E-state index contributed by atoms with van der Waals surface area (Å²) in [6.45, 7) is 14.3. The fourth-order valence-corrected chi connectivity index (χ4v) is 8.06. The largest absolute Gasteiger partial charge is 0.488 e. The van der Waals surface area contributed by atoms with E-state index in [0.29, 0.717) is 31.3 Å². The molecule has 296 valence electrons. The van der Waals surface area contributed by atoms with Crippen molar-refractivity contribution in [2.45, 2.75) is 98.9 Å². The molecular formula is C44H55N7O5. The number of H-pyrrole nitrogens is 2. The smallest absolute Gasteiger partial charge is 0.407 e. The molecule has 2 aliphatic rings. The van der Waals surface area contributed by atoms with E-state index < -0.39 is 12.1 Å². The number of rotatable bonds is 13. The summed E-state index contributed by atoms with van der Waals surface area (Å²) in [5, 5.41) is 4.88. The van der Waals surface area contributed by atoms with Gasteiger partial charge in [-0.2, -0.15) is 0 Å². The van der Waals surface area contributed by atoms with Crippen molar-refractivity contribution >= 4 is 39.7 Å². The van der Waals surface area contributed by atoms with E-state index in [1.807, 2.05) is 18.7 Å². The highest BCUT2D eigenvalue weighted by molar-refractivity contribution is 6.07. The van der Waals surface area contributed by atoms with Gasteiger partial charge in [-0.3, -0.25) is 9.59 Å². The van der Waals surface area contributed by atoms with Gasteiger partial charge in [-0.1, -0.05) is 72.6 Å². The Balaban J connectivity index is 1.12. The number of methoxy groups -OCH3 is 1. The number of amides is 3. The first-order chi connectivity index (χ1) is 27.0. The summed E-state index contributed by atoms with van der Waals surface area (Å²) < 4.78 is 11.2. The van der Waals surface area contributed by atoms with Gasteiger partial charge in [0.2, 0.25) is 11.8 Å². The minimum atomic E-state index is -0.705. The molecule has 12 heteroatoms. The molecule has 12 nitrogen and oxygen atoms in total. The van der Waals surface area contributed by atoms with E-state index in [2.05, 4.69) is 90.4 Å². The third kappa shape index (κ3) is 7.83. The van der Waals surface area contributed by atoms with E-state index in [9.17, 15) is 14.4 Å². The van der Waals surface area contributed by atoms with E-state index >= 15 is 0 Å². The van der Waals surface area contributed by atoms with Crippen molar-refractivity contribution < 1.29 is 23.9 Å². The topological polar surface area (TPSA) is 146 Å². The fraction of sp³-hybridized carbons (Fsp3) is 0.477. The minimum absolute atomic E-state index is 0.0336. The van der Waals surface area contributed by atoms with Gasteiger partial charge in [0.25, 0.3) is 0 Å². The quantitative estimate of drug-likeness (QED) is 0.109. The van der Waals surface area contributed by atoms with Crippen molar-refractivity contribution in [3.8, 4) is 28.1 Å². The lowest BCUT2D eigenvalue weighted by molar-refractivity contribution is -0.136. The molecule has 0 spiro atoms. The molecule has 0 saturated carbocycles. The maximum absolute atomic E-state index is 13.8. The van der Waals surface area contributed by atoms with Crippen molar-refractivity contribution in [1.29, 1.82) is 0 Å². The van der Waals surface area contributed by atoms with Gasteiger partial charge in [-0.05, 0) is 76.9 Å². The summed E-state index contributed by atoms with van der Waals surface area (Å²) >= 11 is 0. The second-order valence-corrected chi connectivity index (χ2v) is 16.1. The standard InChI is InChI=1S/C44H55N7O5/c1-8-26(5)17-39(52)51-16-10-11-36(51)42-47-34-15-13-28-19-33-31-14-12-29(18-30(31)24-56-37(33)20-32(28)41(34)48-42)35-21-45-38(46-35)23-50(22-25(3)4)43(53)40(27(6)9-2)49-44(54)55-7/h12-15,18-21,25-27,36,40H,8-11,16-17,22-24H2,1-7H3,(H,45,46)(H,47,48)(H,49,54)/t26?,27-,36-,40-/m0/s1. The number of likely N-dealkylation sites (tertiary alicyclic amines) is 1. The zero-order valence-corrected chi connectivity index (χ0v) is 33.7. The van der Waals surface area contributed by atoms with Crippen LogP contribution in [0.3, 0.4) is 0 Å². The van der Waals surface area contributed by atoms with Gasteiger partial charge >= 0.3 is 6.09 Å². The first kappa shape index (κ1) is 38.9. The SMILES string of the molecule is CCC(C)CC(=O)N1CCC[C@H]1c1nc2ccc3cc4c(cc3c2[nH]1)OCc1cc(-c2cnc(CN(CC(C)C)C(=O)[C@@H](NC(=O)OC)[C@@H](C)CC)[nH]2)ccc1-4. The molecule has 2 aliphatic heterocycles. The van der Waals surface area contributed by atoms with Gasteiger partial charge in [-0.15, -0.1) is 0 Å². The molecule has 3 aromatic carbocycles. The highest BCUT2D eigenvalue weighted by atomic mass is 16.5. The number of benzene rings is 3. The normalized spacial score (nSPS) is 16.6. The van der Waals surface area contributed by atoms with Gasteiger partial charge in [0.15, 0.2) is 0 Å². The summed E-state index contributed by atoms with van der Waals surface area (Å²) in [5.41, 5.74) is 6.88. The van der Waals surface area contributed by atoms with Crippen molar-refractivity contribution in [2.24, 2.45) is 17.8 Å². The Morgan fingerprint density at radius 2 is 1.86 bits per heavy atom. The van der Waals surface area contributed by atoms with Crippen LogP contribution in [-0.4, -0.2) is 73.9 Å². The van der Waals surface area contributed by atoms with E-state index in [1.165, 1.54) is 7.11 Å². The van der Waals surface area contributed by atoms with Crippen molar-refractivity contribution in [2.75, 3.05) is 20.2 Å². The lowest BCUT2D eigenvalue weighted by atomic mass is 9.92. The third-order valence-electron chi connectivity index (χ3n) is 11.6. The van der Waals surface area contributed by atoms with Crippen LogP contribution >= 0.6 is 0 Å². The molecule has 3 amide bonds. The number of imidazole rings is 2. The summed E-state index contributed by atoms with van der Waals surface area (Å²) in [6.07, 6.45) is 5.35.